The SMILES string of the molecule is CC1(C)CCC(CN2CCN(c3ccc(C(=O)NS(=O)(=O)c4cc5c(c([N+](=O)[O-])c4)NC(c4ccc(C#N)cc4)CO5)c(Oc4cnc5[nH]ccc5c4)c3)CC2)=C(c2ccc(Cl)cc2)C1. The highest BCUT2D eigenvalue weighted by Gasteiger charge is 2.33. The smallest absolute Gasteiger partial charge is 0.297 e. The van der Waals surface area contributed by atoms with Crippen LogP contribution in [0, 0.1) is 26.9 Å². The van der Waals surface area contributed by atoms with Crippen molar-refractivity contribution >= 4 is 61.2 Å². The normalized spacial score (nSPS) is 17.4. The maximum Gasteiger partial charge on any atom is 0.297 e. The Morgan fingerprint density at radius 2 is 1.82 bits per heavy atom. The number of hydrogen-bond acceptors (Lipinski definition) is 12. The fourth-order valence-corrected chi connectivity index (χ4v) is 9.84. The molecule has 2 aliphatic heterocycles. The van der Waals surface area contributed by atoms with Gasteiger partial charge in [0.1, 0.15) is 23.8 Å². The number of nitro groups is 1. The number of pyridine rings is 1. The van der Waals surface area contributed by atoms with Gasteiger partial charge >= 0.3 is 0 Å². The number of ether oxygens (including phenoxy) is 2. The summed E-state index contributed by atoms with van der Waals surface area (Å²) in [6.07, 6.45) is 6.41. The third kappa shape index (κ3) is 9.35. The van der Waals surface area contributed by atoms with Crippen molar-refractivity contribution in [2.24, 2.45) is 5.41 Å². The second-order valence-electron chi connectivity index (χ2n) is 17.3. The molecule has 1 saturated heterocycles. The summed E-state index contributed by atoms with van der Waals surface area (Å²) in [6.45, 7) is 8.53. The quantitative estimate of drug-likeness (QED) is 0.0825. The average molecular weight is 913 g/mol. The number of nitriles is 1. The minimum absolute atomic E-state index is 0.0131. The van der Waals surface area contributed by atoms with Crippen molar-refractivity contribution < 1.29 is 27.6 Å². The highest BCUT2D eigenvalue weighted by Crippen LogP contribution is 2.45. The lowest BCUT2D eigenvalue weighted by Gasteiger charge is -2.39. The summed E-state index contributed by atoms with van der Waals surface area (Å²) in [4.78, 5) is 37.3. The molecule has 3 N–H and O–H groups in total. The predicted octanol–water partition coefficient (Wildman–Crippen LogP) is 9.24. The van der Waals surface area contributed by atoms with Gasteiger partial charge in [-0.2, -0.15) is 5.26 Å². The van der Waals surface area contributed by atoms with Gasteiger partial charge in [-0.15, -0.1) is 0 Å². The first-order valence-corrected chi connectivity index (χ1v) is 23.1. The third-order valence-electron chi connectivity index (χ3n) is 12.3. The van der Waals surface area contributed by atoms with Crippen molar-refractivity contribution in [1.82, 2.24) is 19.6 Å². The number of carbonyl (C=O) groups is 1. The van der Waals surface area contributed by atoms with E-state index in [1.807, 2.05) is 24.3 Å². The summed E-state index contributed by atoms with van der Waals surface area (Å²) in [6, 6.07) is 26.9. The van der Waals surface area contributed by atoms with E-state index in [2.05, 4.69) is 55.8 Å². The van der Waals surface area contributed by atoms with Crippen LogP contribution in [0.1, 0.15) is 66.2 Å². The number of amides is 1. The number of sulfonamides is 1. The van der Waals surface area contributed by atoms with E-state index in [0.717, 1.165) is 67.1 Å². The lowest BCUT2D eigenvalue weighted by atomic mass is 9.72. The van der Waals surface area contributed by atoms with Crippen LogP contribution >= 0.6 is 11.6 Å². The predicted molar refractivity (Wildman–Crippen MR) is 248 cm³/mol. The van der Waals surface area contributed by atoms with E-state index in [4.69, 9.17) is 21.1 Å². The number of nitrogens with one attached hydrogen (secondary N) is 3. The number of aromatic nitrogens is 2. The number of H-pyrrole nitrogens is 1. The lowest BCUT2D eigenvalue weighted by Crippen LogP contribution is -2.47. The molecule has 6 aromatic rings. The lowest BCUT2D eigenvalue weighted by molar-refractivity contribution is -0.384. The molecule has 0 saturated carbocycles. The van der Waals surface area contributed by atoms with E-state index >= 15 is 0 Å². The van der Waals surface area contributed by atoms with E-state index in [-0.39, 0.29) is 34.8 Å². The minimum Gasteiger partial charge on any atom is -0.489 e. The zero-order valence-electron chi connectivity index (χ0n) is 35.6. The number of fused-ring (bicyclic) bond motifs is 2. The second-order valence-corrected chi connectivity index (χ2v) is 19.4. The van der Waals surface area contributed by atoms with Crippen LogP contribution in [0.4, 0.5) is 17.1 Å². The number of allylic oxidation sites excluding steroid dienone is 1. The fourth-order valence-electron chi connectivity index (χ4n) is 8.71. The summed E-state index contributed by atoms with van der Waals surface area (Å²) in [5.74, 6) is -0.660. The van der Waals surface area contributed by atoms with E-state index in [1.165, 1.54) is 29.0 Å². The van der Waals surface area contributed by atoms with Gasteiger partial charge in [-0.25, -0.2) is 18.1 Å². The van der Waals surface area contributed by atoms with E-state index in [0.29, 0.717) is 35.6 Å². The molecule has 17 heteroatoms. The molecule has 1 fully saturated rings. The average Bonchev–Trinajstić information content (AvgIpc) is 3.77. The van der Waals surface area contributed by atoms with Gasteiger partial charge in [0.2, 0.25) is 0 Å². The van der Waals surface area contributed by atoms with Crippen LogP contribution in [0.3, 0.4) is 0 Å². The molecule has 65 heavy (non-hydrogen) atoms. The Labute approximate surface area is 380 Å². The van der Waals surface area contributed by atoms with Crippen molar-refractivity contribution in [3.63, 3.8) is 0 Å². The summed E-state index contributed by atoms with van der Waals surface area (Å²) in [7, 11) is -4.70. The second kappa shape index (κ2) is 17.6. The Kier molecular flexibility index (Phi) is 11.7. The third-order valence-corrected chi connectivity index (χ3v) is 13.9. The standard InChI is InChI=1S/C48H45ClN8O7S/c1-48(2)15-13-34(40(25-48)31-7-9-35(49)10-8-31)28-55-17-19-56(20-18-55)36-11-12-39(43(22-36)64-37-21-33-14-16-51-46(33)52-27-37)47(58)54-65(61,62)38-23-42(57(59)60)45-44(24-38)63-29-41(53-45)32-5-3-30(26-50)4-6-32/h3-12,14,16,21-24,27,41,53H,13,15,17-20,25,28-29H2,1-2H3,(H,51,52)(H,54,58). The summed E-state index contributed by atoms with van der Waals surface area (Å²) in [5.41, 5.74) is 6.21. The van der Waals surface area contributed by atoms with Gasteiger partial charge in [0.15, 0.2) is 11.4 Å². The number of nitro benzene ring substituents is 1. The molecular formula is C48H45ClN8O7S. The first-order chi connectivity index (χ1) is 31.2. The van der Waals surface area contributed by atoms with Crippen LogP contribution in [-0.2, 0) is 10.0 Å². The van der Waals surface area contributed by atoms with E-state index < -0.39 is 37.5 Å². The summed E-state index contributed by atoms with van der Waals surface area (Å²) < 4.78 is 42.1. The molecule has 4 heterocycles. The topological polar surface area (TPSA) is 196 Å². The Morgan fingerprint density at radius 1 is 1.05 bits per heavy atom. The van der Waals surface area contributed by atoms with Gasteiger partial charge in [-0.3, -0.25) is 19.8 Å². The number of aromatic amines is 1. The number of anilines is 2. The van der Waals surface area contributed by atoms with E-state index in [1.54, 1.807) is 48.7 Å². The van der Waals surface area contributed by atoms with Crippen molar-refractivity contribution in [3.05, 3.63) is 146 Å². The first kappa shape index (κ1) is 43.3. The molecule has 1 unspecified atom stereocenters. The Hall–Kier alpha value is -6.93. The maximum atomic E-state index is 14.1. The van der Waals surface area contributed by atoms with Crippen LogP contribution in [0.25, 0.3) is 16.6 Å². The Bertz CT molecular complexity index is 3010. The minimum atomic E-state index is -4.70. The molecule has 15 nitrogen and oxygen atoms in total. The van der Waals surface area contributed by atoms with Crippen LogP contribution in [0.2, 0.25) is 5.02 Å². The highest BCUT2D eigenvalue weighted by atomic mass is 35.5. The van der Waals surface area contributed by atoms with Crippen molar-refractivity contribution in [1.29, 1.82) is 5.26 Å². The summed E-state index contributed by atoms with van der Waals surface area (Å²) in [5, 5.41) is 26.1. The fraction of sp³-hybridized carbons (Fsp3) is 0.271. The molecular weight excluding hydrogens is 868 g/mol. The number of hydrogen-bond donors (Lipinski definition) is 3. The van der Waals surface area contributed by atoms with Crippen molar-refractivity contribution in [3.8, 4) is 23.3 Å². The summed E-state index contributed by atoms with van der Waals surface area (Å²) >= 11 is 6.24. The van der Waals surface area contributed by atoms with E-state index in [9.17, 15) is 28.6 Å². The number of piperazine rings is 1. The number of halogens is 1. The van der Waals surface area contributed by atoms with Crippen LogP contribution in [0.15, 0.2) is 114 Å². The van der Waals surface area contributed by atoms with Gasteiger partial charge < -0.3 is 24.7 Å². The molecule has 1 aliphatic carbocycles. The maximum absolute atomic E-state index is 14.1. The van der Waals surface area contributed by atoms with Crippen LogP contribution in [-0.4, -0.2) is 73.4 Å². The number of carbonyl (C=O) groups excluding carboxylic acids is 1. The van der Waals surface area contributed by atoms with Gasteiger partial charge in [-0.05, 0) is 89.9 Å². The molecule has 1 atom stereocenters. The Balaban J connectivity index is 0.951. The molecule has 4 aromatic carbocycles. The zero-order valence-corrected chi connectivity index (χ0v) is 37.2. The van der Waals surface area contributed by atoms with Gasteiger partial charge in [0.05, 0.1) is 39.3 Å². The largest absolute Gasteiger partial charge is 0.489 e. The molecule has 0 radical (unpaired) electrons. The van der Waals surface area contributed by atoms with Crippen molar-refractivity contribution in [2.75, 3.05) is 49.5 Å². The molecule has 1 amide bonds. The van der Waals surface area contributed by atoms with Crippen LogP contribution < -0.4 is 24.4 Å². The van der Waals surface area contributed by atoms with Gasteiger partial charge in [0.25, 0.3) is 21.6 Å². The molecule has 3 aliphatic rings. The van der Waals surface area contributed by atoms with Gasteiger partial charge in [0, 0.05) is 73.2 Å². The van der Waals surface area contributed by atoms with Crippen LogP contribution in [0.5, 0.6) is 17.2 Å². The number of benzene rings is 4. The zero-order chi connectivity index (χ0) is 45.5. The molecule has 0 spiro atoms. The molecule has 2 aromatic heterocycles. The molecule has 0 bridgehead atoms. The monoisotopic (exact) mass is 912 g/mol. The van der Waals surface area contributed by atoms with Crippen molar-refractivity contribution in [2.45, 2.75) is 44.0 Å². The number of rotatable bonds is 11. The molecule has 9 rings (SSSR count). The molecule has 332 valence electrons. The number of nitrogens with zero attached hydrogens (tertiary/aromatic N) is 5. The van der Waals surface area contributed by atoms with Gasteiger partial charge in [-0.1, -0.05) is 55.3 Å². The highest BCUT2D eigenvalue weighted by molar-refractivity contribution is 7.90. The Morgan fingerprint density at radius 3 is 2.55 bits per heavy atom. The first-order valence-electron chi connectivity index (χ1n) is 21.2.